The van der Waals surface area contributed by atoms with Crippen molar-refractivity contribution < 1.29 is 9.53 Å². The first-order chi connectivity index (χ1) is 7.70. The average Bonchev–Trinajstić information content (AvgIpc) is 2.29. The van der Waals surface area contributed by atoms with Crippen molar-refractivity contribution in [2.24, 2.45) is 5.92 Å². The largest absolute Gasteiger partial charge is 0.381 e. The molecular weight excluding hydrogens is 206 g/mol. The first kappa shape index (κ1) is 13.3. The highest BCUT2D eigenvalue weighted by Gasteiger charge is 2.12. The molecule has 0 aliphatic carbocycles. The topological polar surface area (TPSA) is 53.6 Å². The van der Waals surface area contributed by atoms with E-state index in [1.807, 2.05) is 0 Å². The van der Waals surface area contributed by atoms with E-state index >= 15 is 0 Å². The summed E-state index contributed by atoms with van der Waals surface area (Å²) in [5.41, 5.74) is 0. The molecule has 0 aromatic rings. The number of hydrogen-bond donors (Lipinski definition) is 2. The Morgan fingerprint density at radius 3 is 2.62 bits per heavy atom. The minimum absolute atomic E-state index is 0.0344. The van der Waals surface area contributed by atoms with Crippen LogP contribution in [0, 0.1) is 5.92 Å². The Kier molecular flexibility index (Phi) is 6.18. The number of nitrogens with one attached hydrogen (secondary N) is 2. The summed E-state index contributed by atoms with van der Waals surface area (Å²) in [5, 5.41) is 6.18. The van der Waals surface area contributed by atoms with Gasteiger partial charge in [-0.2, -0.15) is 0 Å². The number of nitrogens with zero attached hydrogens (tertiary/aromatic N) is 1. The zero-order valence-corrected chi connectivity index (χ0v) is 10.3. The van der Waals surface area contributed by atoms with E-state index in [1.54, 1.807) is 19.0 Å². The van der Waals surface area contributed by atoms with Crippen molar-refractivity contribution in [2.45, 2.75) is 12.8 Å². The van der Waals surface area contributed by atoms with Crippen LogP contribution in [0.3, 0.4) is 0 Å². The molecule has 0 aromatic heterocycles. The minimum Gasteiger partial charge on any atom is -0.381 e. The van der Waals surface area contributed by atoms with Gasteiger partial charge in [-0.1, -0.05) is 0 Å². The van der Waals surface area contributed by atoms with E-state index in [4.69, 9.17) is 4.74 Å². The van der Waals surface area contributed by atoms with Crippen molar-refractivity contribution >= 4 is 6.03 Å². The smallest absolute Gasteiger partial charge is 0.316 e. The Balaban J connectivity index is 1.93. The van der Waals surface area contributed by atoms with E-state index in [9.17, 15) is 4.79 Å². The Morgan fingerprint density at radius 2 is 2.00 bits per heavy atom. The molecule has 0 radical (unpaired) electrons. The zero-order chi connectivity index (χ0) is 11.8. The predicted molar refractivity (Wildman–Crippen MR) is 63.5 cm³/mol. The summed E-state index contributed by atoms with van der Waals surface area (Å²) in [6, 6.07) is -0.0344. The molecule has 1 aliphatic heterocycles. The standard InChI is InChI=1S/C11H23N3O2/c1-14(2)11(15)13-6-5-12-9-10-3-7-16-8-4-10/h10,12H,3-9H2,1-2H3,(H,13,15). The van der Waals surface area contributed by atoms with Crippen molar-refractivity contribution in [3.05, 3.63) is 0 Å². The van der Waals surface area contributed by atoms with Gasteiger partial charge >= 0.3 is 6.03 Å². The molecule has 0 aromatic carbocycles. The maximum atomic E-state index is 11.2. The number of ether oxygens (including phenoxy) is 1. The fraction of sp³-hybridized carbons (Fsp3) is 0.909. The lowest BCUT2D eigenvalue weighted by atomic mass is 10.0. The Hall–Kier alpha value is -0.810. The van der Waals surface area contributed by atoms with Crippen LogP contribution in [0.1, 0.15) is 12.8 Å². The van der Waals surface area contributed by atoms with Gasteiger partial charge in [0.2, 0.25) is 0 Å². The van der Waals surface area contributed by atoms with E-state index in [-0.39, 0.29) is 6.03 Å². The molecule has 94 valence electrons. The van der Waals surface area contributed by atoms with Gasteiger partial charge in [-0.3, -0.25) is 0 Å². The van der Waals surface area contributed by atoms with E-state index in [0.29, 0.717) is 6.54 Å². The third-order valence-electron chi connectivity index (χ3n) is 2.76. The Bertz CT molecular complexity index is 203. The maximum absolute atomic E-state index is 11.2. The van der Waals surface area contributed by atoms with Crippen LogP contribution in [0.4, 0.5) is 4.79 Å². The van der Waals surface area contributed by atoms with Gasteiger partial charge in [0.25, 0.3) is 0 Å². The molecule has 0 bridgehead atoms. The van der Waals surface area contributed by atoms with Crippen molar-refractivity contribution in [3.8, 4) is 0 Å². The van der Waals surface area contributed by atoms with E-state index < -0.39 is 0 Å². The van der Waals surface area contributed by atoms with Gasteiger partial charge in [0, 0.05) is 40.4 Å². The minimum atomic E-state index is -0.0344. The molecule has 5 heteroatoms. The Morgan fingerprint density at radius 1 is 1.31 bits per heavy atom. The summed E-state index contributed by atoms with van der Waals surface area (Å²) in [6.45, 7) is 4.33. The molecule has 1 fully saturated rings. The predicted octanol–water partition coefficient (Wildman–Crippen LogP) is 0.274. The maximum Gasteiger partial charge on any atom is 0.316 e. The molecule has 0 unspecified atom stereocenters. The molecule has 1 rings (SSSR count). The second-order valence-corrected chi connectivity index (χ2v) is 4.39. The Labute approximate surface area is 97.5 Å². The van der Waals surface area contributed by atoms with E-state index in [0.717, 1.165) is 45.1 Å². The normalized spacial score (nSPS) is 17.1. The first-order valence-corrected chi connectivity index (χ1v) is 5.93. The van der Waals surface area contributed by atoms with Gasteiger partial charge in [-0.25, -0.2) is 4.79 Å². The van der Waals surface area contributed by atoms with E-state index in [1.165, 1.54) is 0 Å². The molecule has 0 spiro atoms. The summed E-state index contributed by atoms with van der Waals surface area (Å²) < 4.78 is 5.29. The lowest BCUT2D eigenvalue weighted by Crippen LogP contribution is -2.39. The summed E-state index contributed by atoms with van der Waals surface area (Å²) >= 11 is 0. The van der Waals surface area contributed by atoms with Crippen molar-refractivity contribution in [3.63, 3.8) is 0 Å². The number of rotatable bonds is 5. The molecule has 0 atom stereocenters. The van der Waals surface area contributed by atoms with Gasteiger partial charge in [-0.05, 0) is 25.3 Å². The first-order valence-electron chi connectivity index (χ1n) is 5.93. The lowest BCUT2D eigenvalue weighted by Gasteiger charge is -2.22. The molecule has 16 heavy (non-hydrogen) atoms. The molecule has 1 heterocycles. The van der Waals surface area contributed by atoms with Crippen LogP contribution in [-0.4, -0.2) is 57.9 Å². The van der Waals surface area contributed by atoms with Crippen molar-refractivity contribution in [1.82, 2.24) is 15.5 Å². The van der Waals surface area contributed by atoms with Crippen molar-refractivity contribution in [1.29, 1.82) is 0 Å². The average molecular weight is 229 g/mol. The van der Waals surface area contributed by atoms with Gasteiger partial charge in [-0.15, -0.1) is 0 Å². The number of hydrogen-bond acceptors (Lipinski definition) is 3. The summed E-state index contributed by atoms with van der Waals surface area (Å²) in [4.78, 5) is 12.7. The molecule has 2 N–H and O–H groups in total. The summed E-state index contributed by atoms with van der Waals surface area (Å²) in [7, 11) is 3.48. The highest BCUT2D eigenvalue weighted by Crippen LogP contribution is 2.12. The van der Waals surface area contributed by atoms with Gasteiger partial charge < -0.3 is 20.3 Å². The fourth-order valence-electron chi connectivity index (χ4n) is 1.67. The van der Waals surface area contributed by atoms with Crippen LogP contribution in [0.2, 0.25) is 0 Å². The van der Waals surface area contributed by atoms with Crippen LogP contribution in [0.5, 0.6) is 0 Å². The molecule has 5 nitrogen and oxygen atoms in total. The lowest BCUT2D eigenvalue weighted by molar-refractivity contribution is 0.0664. The SMILES string of the molecule is CN(C)C(=O)NCCNCC1CCOCC1. The molecule has 1 aliphatic rings. The van der Waals surface area contributed by atoms with Crippen LogP contribution in [0.25, 0.3) is 0 Å². The molecule has 1 saturated heterocycles. The second kappa shape index (κ2) is 7.46. The van der Waals surface area contributed by atoms with Gasteiger partial charge in [0.05, 0.1) is 0 Å². The van der Waals surface area contributed by atoms with Gasteiger partial charge in [0.1, 0.15) is 0 Å². The third kappa shape index (κ3) is 5.32. The summed E-state index contributed by atoms with van der Waals surface area (Å²) in [5.74, 6) is 0.735. The highest BCUT2D eigenvalue weighted by atomic mass is 16.5. The number of carbonyl (C=O) groups is 1. The molecule has 2 amide bonds. The fourth-order valence-corrected chi connectivity index (χ4v) is 1.67. The van der Waals surface area contributed by atoms with Gasteiger partial charge in [0.15, 0.2) is 0 Å². The quantitative estimate of drug-likeness (QED) is 0.666. The van der Waals surface area contributed by atoms with Crippen LogP contribution in [-0.2, 0) is 4.74 Å². The number of amides is 2. The van der Waals surface area contributed by atoms with Crippen LogP contribution < -0.4 is 10.6 Å². The van der Waals surface area contributed by atoms with Crippen molar-refractivity contribution in [2.75, 3.05) is 46.9 Å². The third-order valence-corrected chi connectivity index (χ3v) is 2.76. The summed E-state index contributed by atoms with van der Waals surface area (Å²) in [6.07, 6.45) is 2.30. The van der Waals surface area contributed by atoms with Crippen LogP contribution in [0.15, 0.2) is 0 Å². The molecular formula is C11H23N3O2. The molecule has 0 saturated carbocycles. The zero-order valence-electron chi connectivity index (χ0n) is 10.3. The number of urea groups is 1. The number of carbonyl (C=O) groups excluding carboxylic acids is 1. The monoisotopic (exact) mass is 229 g/mol. The van der Waals surface area contributed by atoms with E-state index in [2.05, 4.69) is 10.6 Å². The highest BCUT2D eigenvalue weighted by molar-refractivity contribution is 5.73. The van der Waals surface area contributed by atoms with Crippen LogP contribution >= 0.6 is 0 Å². The second-order valence-electron chi connectivity index (χ2n) is 4.39.